The zero-order valence-electron chi connectivity index (χ0n) is 11.0. The smallest absolute Gasteiger partial charge is 0.269 e. The van der Waals surface area contributed by atoms with E-state index in [1.165, 1.54) is 6.07 Å². The average Bonchev–Trinajstić information content (AvgIpc) is 2.41. The minimum Gasteiger partial charge on any atom is -0.398 e. The standard InChI is InChI=1S/C13H19N3O3/c1-2-11-9-19-6-5-15(11)8-10-7-12(16(17)18)3-4-13(10)14/h3-4,7,11H,2,5-6,8-9,14H2,1H3. The Morgan fingerprint density at radius 1 is 1.58 bits per heavy atom. The van der Waals surface area contributed by atoms with E-state index in [-0.39, 0.29) is 10.6 Å². The summed E-state index contributed by atoms with van der Waals surface area (Å²) < 4.78 is 5.45. The first-order valence-corrected chi connectivity index (χ1v) is 6.46. The number of nitro groups is 1. The van der Waals surface area contributed by atoms with Crippen LogP contribution >= 0.6 is 0 Å². The molecule has 1 aromatic carbocycles. The molecule has 0 bridgehead atoms. The van der Waals surface area contributed by atoms with Gasteiger partial charge in [-0.1, -0.05) is 6.92 Å². The van der Waals surface area contributed by atoms with E-state index in [0.29, 0.717) is 31.5 Å². The number of ether oxygens (including phenoxy) is 1. The minimum atomic E-state index is -0.389. The van der Waals surface area contributed by atoms with Crippen molar-refractivity contribution in [1.29, 1.82) is 0 Å². The quantitative estimate of drug-likeness (QED) is 0.510. The maximum Gasteiger partial charge on any atom is 0.269 e. The zero-order valence-corrected chi connectivity index (χ0v) is 11.0. The van der Waals surface area contributed by atoms with Gasteiger partial charge in [-0.2, -0.15) is 0 Å². The second-order valence-electron chi connectivity index (χ2n) is 4.75. The molecule has 1 fully saturated rings. The van der Waals surface area contributed by atoms with Crippen molar-refractivity contribution >= 4 is 11.4 Å². The van der Waals surface area contributed by atoms with E-state index in [0.717, 1.165) is 18.5 Å². The first-order chi connectivity index (χ1) is 9.11. The third kappa shape index (κ3) is 3.21. The number of nitrogens with two attached hydrogens (primary N) is 1. The fraction of sp³-hybridized carbons (Fsp3) is 0.538. The van der Waals surface area contributed by atoms with Crippen LogP contribution in [0.3, 0.4) is 0 Å². The molecule has 2 rings (SSSR count). The molecule has 1 aliphatic rings. The lowest BCUT2D eigenvalue weighted by Gasteiger charge is -2.35. The summed E-state index contributed by atoms with van der Waals surface area (Å²) in [6.07, 6.45) is 0.995. The van der Waals surface area contributed by atoms with Crippen LogP contribution < -0.4 is 5.73 Å². The topological polar surface area (TPSA) is 81.6 Å². The van der Waals surface area contributed by atoms with Crippen molar-refractivity contribution in [3.8, 4) is 0 Å². The van der Waals surface area contributed by atoms with Crippen LogP contribution in [0.2, 0.25) is 0 Å². The van der Waals surface area contributed by atoms with E-state index >= 15 is 0 Å². The van der Waals surface area contributed by atoms with Crippen LogP contribution in [0.15, 0.2) is 18.2 Å². The van der Waals surface area contributed by atoms with Crippen LogP contribution in [0.4, 0.5) is 11.4 Å². The molecule has 19 heavy (non-hydrogen) atoms. The van der Waals surface area contributed by atoms with Crippen LogP contribution in [0.1, 0.15) is 18.9 Å². The third-order valence-corrected chi connectivity index (χ3v) is 3.53. The molecule has 0 spiro atoms. The number of nitro benzene ring substituents is 1. The number of benzene rings is 1. The third-order valence-electron chi connectivity index (χ3n) is 3.53. The predicted octanol–water partition coefficient (Wildman–Crippen LogP) is 1.79. The second kappa shape index (κ2) is 5.99. The molecule has 1 aliphatic heterocycles. The highest BCUT2D eigenvalue weighted by Crippen LogP contribution is 2.23. The van der Waals surface area contributed by atoms with Crippen LogP contribution in [-0.2, 0) is 11.3 Å². The molecule has 0 saturated carbocycles. The van der Waals surface area contributed by atoms with Crippen molar-refractivity contribution in [2.24, 2.45) is 0 Å². The molecule has 1 atom stereocenters. The van der Waals surface area contributed by atoms with Gasteiger partial charge in [0.15, 0.2) is 0 Å². The number of nitrogen functional groups attached to an aromatic ring is 1. The van der Waals surface area contributed by atoms with Gasteiger partial charge >= 0.3 is 0 Å². The van der Waals surface area contributed by atoms with Crippen molar-refractivity contribution in [2.75, 3.05) is 25.5 Å². The lowest BCUT2D eigenvalue weighted by Crippen LogP contribution is -2.44. The summed E-state index contributed by atoms with van der Waals surface area (Å²) >= 11 is 0. The fourth-order valence-corrected chi connectivity index (χ4v) is 2.33. The molecule has 0 radical (unpaired) electrons. The average molecular weight is 265 g/mol. The van der Waals surface area contributed by atoms with E-state index in [2.05, 4.69) is 11.8 Å². The van der Waals surface area contributed by atoms with Crippen molar-refractivity contribution < 1.29 is 9.66 Å². The van der Waals surface area contributed by atoms with Crippen LogP contribution in [0.5, 0.6) is 0 Å². The molecule has 2 N–H and O–H groups in total. The van der Waals surface area contributed by atoms with E-state index in [4.69, 9.17) is 10.5 Å². The number of anilines is 1. The van der Waals surface area contributed by atoms with Crippen molar-refractivity contribution in [2.45, 2.75) is 25.9 Å². The van der Waals surface area contributed by atoms with Gasteiger partial charge in [-0.05, 0) is 18.1 Å². The van der Waals surface area contributed by atoms with Gasteiger partial charge < -0.3 is 10.5 Å². The lowest BCUT2D eigenvalue weighted by molar-refractivity contribution is -0.384. The summed E-state index contributed by atoms with van der Waals surface area (Å²) in [5.74, 6) is 0. The summed E-state index contributed by atoms with van der Waals surface area (Å²) in [5.41, 5.74) is 7.42. The molecule has 1 aromatic rings. The normalized spacial score (nSPS) is 20.4. The summed E-state index contributed by atoms with van der Waals surface area (Å²) in [6, 6.07) is 4.97. The number of hydrogen-bond donors (Lipinski definition) is 1. The SMILES string of the molecule is CCC1COCCN1Cc1cc([N+](=O)[O-])ccc1N. The van der Waals surface area contributed by atoms with Crippen molar-refractivity contribution in [3.63, 3.8) is 0 Å². The fourth-order valence-electron chi connectivity index (χ4n) is 2.33. The Bertz CT molecular complexity index is 464. The molecular formula is C13H19N3O3. The van der Waals surface area contributed by atoms with E-state index < -0.39 is 0 Å². The number of hydrogen-bond acceptors (Lipinski definition) is 5. The maximum absolute atomic E-state index is 10.8. The Labute approximate surface area is 112 Å². The van der Waals surface area contributed by atoms with Gasteiger partial charge in [-0.25, -0.2) is 0 Å². The maximum atomic E-state index is 10.8. The van der Waals surface area contributed by atoms with E-state index in [1.807, 2.05) is 0 Å². The Hall–Kier alpha value is -1.66. The first kappa shape index (κ1) is 13.8. The van der Waals surface area contributed by atoms with Crippen LogP contribution in [0, 0.1) is 10.1 Å². The van der Waals surface area contributed by atoms with Gasteiger partial charge in [-0.3, -0.25) is 15.0 Å². The van der Waals surface area contributed by atoms with Gasteiger partial charge in [0, 0.05) is 37.0 Å². The number of nitrogens with zero attached hydrogens (tertiary/aromatic N) is 2. The Morgan fingerprint density at radius 3 is 3.05 bits per heavy atom. The highest BCUT2D eigenvalue weighted by Gasteiger charge is 2.22. The van der Waals surface area contributed by atoms with E-state index in [9.17, 15) is 10.1 Å². The highest BCUT2D eigenvalue weighted by molar-refractivity contribution is 5.52. The van der Waals surface area contributed by atoms with Crippen LogP contribution in [-0.4, -0.2) is 35.6 Å². The number of morpholine rings is 1. The van der Waals surface area contributed by atoms with Gasteiger partial charge in [-0.15, -0.1) is 0 Å². The van der Waals surface area contributed by atoms with Crippen molar-refractivity contribution in [1.82, 2.24) is 4.90 Å². The molecule has 104 valence electrons. The largest absolute Gasteiger partial charge is 0.398 e. The van der Waals surface area contributed by atoms with Crippen LogP contribution in [0.25, 0.3) is 0 Å². The summed E-state index contributed by atoms with van der Waals surface area (Å²) in [5, 5.41) is 10.8. The molecule has 6 nitrogen and oxygen atoms in total. The Morgan fingerprint density at radius 2 is 2.37 bits per heavy atom. The summed E-state index contributed by atoms with van der Waals surface area (Å²) in [7, 11) is 0. The molecule has 0 aromatic heterocycles. The molecular weight excluding hydrogens is 246 g/mol. The Balaban J connectivity index is 2.17. The van der Waals surface area contributed by atoms with Gasteiger partial charge in [0.1, 0.15) is 0 Å². The highest BCUT2D eigenvalue weighted by atomic mass is 16.6. The molecule has 6 heteroatoms. The molecule has 1 unspecified atom stereocenters. The summed E-state index contributed by atoms with van der Waals surface area (Å²) in [6.45, 7) is 5.00. The van der Waals surface area contributed by atoms with Crippen molar-refractivity contribution in [3.05, 3.63) is 33.9 Å². The zero-order chi connectivity index (χ0) is 13.8. The van der Waals surface area contributed by atoms with Gasteiger partial charge in [0.05, 0.1) is 18.1 Å². The number of non-ortho nitro benzene ring substituents is 1. The van der Waals surface area contributed by atoms with Gasteiger partial charge in [0.2, 0.25) is 0 Å². The molecule has 0 aliphatic carbocycles. The van der Waals surface area contributed by atoms with Gasteiger partial charge in [0.25, 0.3) is 5.69 Å². The lowest BCUT2D eigenvalue weighted by atomic mass is 10.1. The summed E-state index contributed by atoms with van der Waals surface area (Å²) in [4.78, 5) is 12.7. The second-order valence-corrected chi connectivity index (χ2v) is 4.75. The number of rotatable bonds is 4. The predicted molar refractivity (Wildman–Crippen MR) is 72.8 cm³/mol. The monoisotopic (exact) mass is 265 g/mol. The minimum absolute atomic E-state index is 0.0884. The van der Waals surface area contributed by atoms with E-state index in [1.54, 1.807) is 12.1 Å². The molecule has 1 heterocycles. The molecule has 0 amide bonds. The Kier molecular flexibility index (Phi) is 4.34. The first-order valence-electron chi connectivity index (χ1n) is 6.46. The molecule has 1 saturated heterocycles.